The fraction of sp³-hybridized carbons (Fsp3) is 0.158. The van der Waals surface area contributed by atoms with Crippen molar-refractivity contribution in [3.05, 3.63) is 76.5 Å². The fourth-order valence-electron chi connectivity index (χ4n) is 2.55. The van der Waals surface area contributed by atoms with E-state index in [0.717, 1.165) is 14.5 Å². The molecule has 0 spiro atoms. The summed E-state index contributed by atoms with van der Waals surface area (Å²) in [7, 11) is -0.647. The van der Waals surface area contributed by atoms with Gasteiger partial charge in [-0.15, -0.1) is 0 Å². The molecule has 0 aliphatic rings. The van der Waals surface area contributed by atoms with Gasteiger partial charge in [-0.05, 0) is 35.9 Å². The number of rotatable bonds is 6. The maximum absolute atomic E-state index is 12.5. The number of benzene rings is 2. The van der Waals surface area contributed by atoms with Crippen molar-refractivity contribution in [1.82, 2.24) is 19.4 Å². The third-order valence-electron chi connectivity index (χ3n) is 4.11. The van der Waals surface area contributed by atoms with Crippen LogP contribution in [0, 0.1) is 0 Å². The van der Waals surface area contributed by atoms with Crippen molar-refractivity contribution in [3.8, 4) is 5.69 Å². The Kier molecular flexibility index (Phi) is 5.97. The van der Waals surface area contributed by atoms with Gasteiger partial charge in [0, 0.05) is 31.3 Å². The fourth-order valence-corrected chi connectivity index (χ4v) is 3.93. The van der Waals surface area contributed by atoms with E-state index in [9.17, 15) is 13.2 Å². The van der Waals surface area contributed by atoms with Crippen LogP contribution in [0.4, 0.5) is 0 Å². The number of carbonyl (C=O) groups is 1. The first-order valence-corrected chi connectivity index (χ1v) is 10.6. The van der Waals surface area contributed by atoms with Gasteiger partial charge >= 0.3 is 0 Å². The molecule has 146 valence electrons. The maximum atomic E-state index is 12.5. The van der Waals surface area contributed by atoms with Gasteiger partial charge in [-0.3, -0.25) is 4.79 Å². The van der Waals surface area contributed by atoms with Gasteiger partial charge < -0.3 is 5.32 Å². The monoisotopic (exact) mass is 462 g/mol. The highest BCUT2D eigenvalue weighted by Crippen LogP contribution is 2.18. The number of nitrogens with one attached hydrogen (secondary N) is 1. The second-order valence-corrected chi connectivity index (χ2v) is 9.26. The molecular weight excluding hydrogens is 444 g/mol. The molecule has 0 fully saturated rings. The topological polar surface area (TPSA) is 84.3 Å². The molecule has 3 aromatic rings. The predicted octanol–water partition coefficient (Wildman–Crippen LogP) is 2.82. The standard InChI is InChI=1S/C19H19BrN4O3S/c1-23(2)28(26,27)18-6-4-3-5-14(18)11-21-19(25)15-12-22-24(13-15)17-9-7-16(20)8-10-17/h3-10,12-13H,11H2,1-2H3,(H,21,25). The summed E-state index contributed by atoms with van der Waals surface area (Å²) in [6.07, 6.45) is 3.10. The Morgan fingerprint density at radius 3 is 2.50 bits per heavy atom. The van der Waals surface area contributed by atoms with Gasteiger partial charge in [0.2, 0.25) is 10.0 Å². The number of amides is 1. The molecule has 0 atom stereocenters. The van der Waals surface area contributed by atoms with Gasteiger partial charge in [0.1, 0.15) is 0 Å². The molecule has 1 amide bonds. The van der Waals surface area contributed by atoms with E-state index in [0.29, 0.717) is 11.1 Å². The molecule has 0 saturated heterocycles. The molecule has 0 radical (unpaired) electrons. The van der Waals surface area contributed by atoms with E-state index >= 15 is 0 Å². The van der Waals surface area contributed by atoms with Crippen LogP contribution in [-0.2, 0) is 16.6 Å². The number of halogens is 1. The second-order valence-electron chi connectivity index (χ2n) is 6.23. The molecule has 28 heavy (non-hydrogen) atoms. The summed E-state index contributed by atoms with van der Waals surface area (Å²) in [5.41, 5.74) is 1.73. The van der Waals surface area contributed by atoms with Crippen molar-refractivity contribution < 1.29 is 13.2 Å². The van der Waals surface area contributed by atoms with Gasteiger partial charge in [-0.1, -0.05) is 34.1 Å². The smallest absolute Gasteiger partial charge is 0.254 e. The van der Waals surface area contributed by atoms with E-state index in [1.54, 1.807) is 29.1 Å². The van der Waals surface area contributed by atoms with Crippen molar-refractivity contribution in [2.75, 3.05) is 14.1 Å². The number of carbonyl (C=O) groups excluding carboxylic acids is 1. The number of nitrogens with zero attached hydrogens (tertiary/aromatic N) is 3. The van der Waals surface area contributed by atoms with E-state index < -0.39 is 10.0 Å². The minimum Gasteiger partial charge on any atom is -0.348 e. The molecule has 0 bridgehead atoms. The average molecular weight is 463 g/mol. The SMILES string of the molecule is CN(C)S(=O)(=O)c1ccccc1CNC(=O)c1cnn(-c2ccc(Br)cc2)c1. The lowest BCUT2D eigenvalue weighted by molar-refractivity contribution is 0.0950. The molecule has 1 aromatic heterocycles. The zero-order chi connectivity index (χ0) is 20.3. The Morgan fingerprint density at radius 2 is 1.82 bits per heavy atom. The number of sulfonamides is 1. The number of hydrogen-bond acceptors (Lipinski definition) is 4. The van der Waals surface area contributed by atoms with Crippen LogP contribution in [-0.4, -0.2) is 42.5 Å². The van der Waals surface area contributed by atoms with Crippen molar-refractivity contribution in [1.29, 1.82) is 0 Å². The molecule has 9 heteroatoms. The Bertz CT molecular complexity index is 1090. The predicted molar refractivity (Wildman–Crippen MR) is 110 cm³/mol. The molecule has 1 N–H and O–H groups in total. The lowest BCUT2D eigenvalue weighted by Gasteiger charge is -2.15. The lowest BCUT2D eigenvalue weighted by Crippen LogP contribution is -2.27. The number of aromatic nitrogens is 2. The minimum atomic E-state index is -3.59. The Morgan fingerprint density at radius 1 is 1.14 bits per heavy atom. The van der Waals surface area contributed by atoms with Gasteiger partial charge in [0.25, 0.3) is 5.91 Å². The largest absolute Gasteiger partial charge is 0.348 e. The first-order chi connectivity index (χ1) is 13.3. The van der Waals surface area contributed by atoms with Crippen molar-refractivity contribution >= 4 is 31.9 Å². The molecule has 0 aliphatic heterocycles. The number of hydrogen-bond donors (Lipinski definition) is 1. The van der Waals surface area contributed by atoms with Crippen LogP contribution >= 0.6 is 15.9 Å². The summed E-state index contributed by atoms with van der Waals surface area (Å²) >= 11 is 3.38. The summed E-state index contributed by atoms with van der Waals surface area (Å²) in [5.74, 6) is -0.333. The van der Waals surface area contributed by atoms with Crippen LogP contribution < -0.4 is 5.32 Å². The summed E-state index contributed by atoms with van der Waals surface area (Å²) in [6, 6.07) is 14.1. The van der Waals surface area contributed by atoms with Crippen molar-refractivity contribution in [2.24, 2.45) is 0 Å². The Balaban J connectivity index is 1.75. The third kappa shape index (κ3) is 4.32. The van der Waals surface area contributed by atoms with E-state index in [-0.39, 0.29) is 17.3 Å². The highest BCUT2D eigenvalue weighted by atomic mass is 79.9. The minimum absolute atomic E-state index is 0.0888. The molecule has 1 heterocycles. The quantitative estimate of drug-likeness (QED) is 0.610. The third-order valence-corrected chi connectivity index (χ3v) is 6.55. The van der Waals surface area contributed by atoms with Crippen LogP contribution in [0.5, 0.6) is 0 Å². The lowest BCUT2D eigenvalue weighted by atomic mass is 10.2. The van der Waals surface area contributed by atoms with Crippen LogP contribution in [0.1, 0.15) is 15.9 Å². The van der Waals surface area contributed by atoms with Crippen LogP contribution in [0.3, 0.4) is 0 Å². The molecule has 0 saturated carbocycles. The van der Waals surface area contributed by atoms with E-state index in [1.807, 2.05) is 24.3 Å². The molecule has 0 aliphatic carbocycles. The van der Waals surface area contributed by atoms with Crippen LogP contribution in [0.25, 0.3) is 5.69 Å². The van der Waals surface area contributed by atoms with E-state index in [4.69, 9.17) is 0 Å². The van der Waals surface area contributed by atoms with Crippen molar-refractivity contribution in [3.63, 3.8) is 0 Å². The van der Waals surface area contributed by atoms with E-state index in [1.165, 1.54) is 26.4 Å². The second kappa shape index (κ2) is 8.26. The zero-order valence-corrected chi connectivity index (χ0v) is 17.7. The summed E-state index contributed by atoms with van der Waals surface area (Å²) in [6.45, 7) is 0.0888. The maximum Gasteiger partial charge on any atom is 0.254 e. The summed E-state index contributed by atoms with van der Waals surface area (Å²) in [5, 5.41) is 6.97. The first kappa shape index (κ1) is 20.2. The zero-order valence-electron chi connectivity index (χ0n) is 15.3. The summed E-state index contributed by atoms with van der Waals surface area (Å²) < 4.78 is 28.6. The molecule has 7 nitrogen and oxygen atoms in total. The molecular formula is C19H19BrN4O3S. The van der Waals surface area contributed by atoms with Crippen LogP contribution in [0.15, 0.2) is 70.3 Å². The highest BCUT2D eigenvalue weighted by molar-refractivity contribution is 9.10. The van der Waals surface area contributed by atoms with Gasteiger partial charge in [0.15, 0.2) is 0 Å². The molecule has 3 rings (SSSR count). The van der Waals surface area contributed by atoms with Gasteiger partial charge in [-0.25, -0.2) is 17.4 Å². The Hall–Kier alpha value is -2.49. The van der Waals surface area contributed by atoms with Crippen molar-refractivity contribution in [2.45, 2.75) is 11.4 Å². The van der Waals surface area contributed by atoms with Gasteiger partial charge in [-0.2, -0.15) is 5.10 Å². The average Bonchev–Trinajstić information content (AvgIpc) is 3.17. The molecule has 2 aromatic carbocycles. The van der Waals surface area contributed by atoms with E-state index in [2.05, 4.69) is 26.3 Å². The highest BCUT2D eigenvalue weighted by Gasteiger charge is 2.21. The normalized spacial score (nSPS) is 11.6. The van der Waals surface area contributed by atoms with Crippen LogP contribution in [0.2, 0.25) is 0 Å². The summed E-state index contributed by atoms with van der Waals surface area (Å²) in [4.78, 5) is 12.7. The molecule has 0 unspecified atom stereocenters. The van der Waals surface area contributed by atoms with Gasteiger partial charge in [0.05, 0.1) is 22.3 Å². The Labute approximate surface area is 172 Å². The first-order valence-electron chi connectivity index (χ1n) is 8.38.